The summed E-state index contributed by atoms with van der Waals surface area (Å²) in [6, 6.07) is 6.88. The predicted molar refractivity (Wildman–Crippen MR) is 144 cm³/mol. The number of aromatic nitrogens is 5. The third kappa shape index (κ3) is 4.24. The molecule has 10 nitrogen and oxygen atoms in total. The number of ether oxygens (including phenoxy) is 1. The van der Waals surface area contributed by atoms with Gasteiger partial charge in [-0.25, -0.2) is 4.79 Å². The summed E-state index contributed by atoms with van der Waals surface area (Å²) < 4.78 is 19.4. The van der Waals surface area contributed by atoms with E-state index in [1.807, 2.05) is 18.2 Å². The van der Waals surface area contributed by atoms with Gasteiger partial charge in [0.05, 0.1) is 22.3 Å². The molecule has 4 aliphatic carbocycles. The second-order valence-corrected chi connectivity index (χ2v) is 12.1. The van der Waals surface area contributed by atoms with Gasteiger partial charge in [0.15, 0.2) is 11.5 Å². The molecule has 0 atom stereocenters. The van der Waals surface area contributed by atoms with E-state index in [1.165, 1.54) is 10.7 Å². The summed E-state index contributed by atoms with van der Waals surface area (Å²) >= 11 is 13.1. The number of hydrogen-bond donors (Lipinski definition) is 1. The zero-order chi connectivity index (χ0) is 27.6. The van der Waals surface area contributed by atoms with E-state index in [4.69, 9.17) is 37.0 Å². The third-order valence-electron chi connectivity index (χ3n) is 8.88. The largest absolute Gasteiger partial charge is 0.477 e. The molecule has 208 valence electrons. The summed E-state index contributed by atoms with van der Waals surface area (Å²) in [4.78, 5) is 16.1. The van der Waals surface area contributed by atoms with Crippen molar-refractivity contribution in [2.24, 2.45) is 7.05 Å². The van der Waals surface area contributed by atoms with E-state index in [1.54, 1.807) is 7.05 Å². The molecule has 0 spiro atoms. The Bertz CT molecular complexity index is 1580. The number of benzene rings is 1. The summed E-state index contributed by atoms with van der Waals surface area (Å²) in [6.07, 6.45) is 7.38. The van der Waals surface area contributed by atoms with E-state index in [0.717, 1.165) is 62.7 Å². The second-order valence-electron chi connectivity index (χ2n) is 11.3. The zero-order valence-electron chi connectivity index (χ0n) is 21.8. The van der Waals surface area contributed by atoms with Gasteiger partial charge < -0.3 is 18.9 Å². The van der Waals surface area contributed by atoms with E-state index in [9.17, 15) is 9.90 Å². The van der Waals surface area contributed by atoms with E-state index >= 15 is 0 Å². The van der Waals surface area contributed by atoms with Crippen LogP contribution < -0.4 is 0 Å². The average Bonchev–Trinajstić information content (AvgIpc) is 3.32. The minimum atomic E-state index is -1.06. The van der Waals surface area contributed by atoms with Crippen LogP contribution in [0.5, 0.6) is 0 Å². The molecule has 3 aromatic heterocycles. The summed E-state index contributed by atoms with van der Waals surface area (Å²) in [5.74, 6) is 1.07. The number of aromatic carboxylic acids is 1. The van der Waals surface area contributed by atoms with Crippen molar-refractivity contribution in [1.82, 2.24) is 25.1 Å². The molecule has 0 radical (unpaired) electrons. The van der Waals surface area contributed by atoms with Gasteiger partial charge in [-0.1, -0.05) is 39.6 Å². The summed E-state index contributed by atoms with van der Waals surface area (Å²) in [5.41, 5.74) is 2.26. The number of nitrogens with zero attached hydrogens (tertiary/aromatic N) is 5. The van der Waals surface area contributed by atoms with Gasteiger partial charge in [0.2, 0.25) is 0 Å². The van der Waals surface area contributed by atoms with Crippen molar-refractivity contribution >= 4 is 29.2 Å². The van der Waals surface area contributed by atoms with E-state index < -0.39 is 5.97 Å². The van der Waals surface area contributed by atoms with Crippen LogP contribution in [0.15, 0.2) is 33.3 Å². The molecule has 1 N–H and O–H groups in total. The van der Waals surface area contributed by atoms with Crippen molar-refractivity contribution in [1.29, 1.82) is 0 Å². The van der Waals surface area contributed by atoms with E-state index in [0.29, 0.717) is 45.3 Å². The fourth-order valence-corrected chi connectivity index (χ4v) is 6.87. The van der Waals surface area contributed by atoms with Crippen molar-refractivity contribution < 1.29 is 23.7 Å². The molecule has 0 unspecified atom stereocenters. The molecule has 12 heteroatoms. The molecule has 4 aliphatic rings. The number of rotatable bonds is 8. The molecule has 4 aromatic rings. The first-order valence-electron chi connectivity index (χ1n) is 13.5. The van der Waals surface area contributed by atoms with E-state index in [-0.39, 0.29) is 22.6 Å². The number of halogens is 2. The average molecular weight is 584 g/mol. The van der Waals surface area contributed by atoms with Crippen molar-refractivity contribution in [2.45, 2.75) is 74.9 Å². The number of carboxylic acid groups (broad SMARTS) is 1. The minimum Gasteiger partial charge on any atom is -0.477 e. The van der Waals surface area contributed by atoms with Crippen LogP contribution in [0.25, 0.3) is 22.8 Å². The van der Waals surface area contributed by atoms with Crippen LogP contribution in [0, 0.1) is 0 Å². The Morgan fingerprint density at radius 3 is 2.42 bits per heavy atom. The quantitative estimate of drug-likeness (QED) is 0.244. The lowest BCUT2D eigenvalue weighted by molar-refractivity contribution is -0.128. The van der Waals surface area contributed by atoms with Crippen LogP contribution in [-0.2, 0) is 23.8 Å². The molecule has 2 bridgehead atoms. The van der Waals surface area contributed by atoms with Gasteiger partial charge in [0.25, 0.3) is 5.89 Å². The van der Waals surface area contributed by atoms with Crippen LogP contribution in [0.3, 0.4) is 0 Å². The Morgan fingerprint density at radius 1 is 1.10 bits per heavy atom. The highest BCUT2D eigenvalue weighted by Gasteiger charge is 2.52. The maximum Gasteiger partial charge on any atom is 0.354 e. The Kier molecular flexibility index (Phi) is 6.07. The maximum absolute atomic E-state index is 11.4. The Morgan fingerprint density at radius 2 is 1.80 bits per heavy atom. The number of carbonyl (C=O) groups is 1. The van der Waals surface area contributed by atoms with Gasteiger partial charge in [-0.15, -0.1) is 0 Å². The summed E-state index contributed by atoms with van der Waals surface area (Å²) in [7, 11) is 1.57. The molecule has 0 saturated heterocycles. The van der Waals surface area contributed by atoms with Crippen molar-refractivity contribution in [3.8, 4) is 22.8 Å². The van der Waals surface area contributed by atoms with Crippen LogP contribution in [-0.4, -0.2) is 41.8 Å². The standard InChI is InChI=1S/C28H27Cl2N5O5/c1-35-20(25(36)37)13-19(32-35)24-31-26(34-40-24)27-7-10-28(11-8-27,12-9-27)38-14-16-22(33-39-23(16)15-5-6-15)21-17(29)3-2-4-18(21)30/h2-4,13,15H,5-12,14H2,1H3,(H,36,37). The normalized spacial score (nSPS) is 24.1. The van der Waals surface area contributed by atoms with Gasteiger partial charge >= 0.3 is 5.97 Å². The van der Waals surface area contributed by atoms with Crippen molar-refractivity contribution in [3.63, 3.8) is 0 Å². The molecule has 0 amide bonds. The minimum absolute atomic E-state index is 0.0582. The Labute approximate surface area is 239 Å². The van der Waals surface area contributed by atoms with Gasteiger partial charge in [-0.2, -0.15) is 10.1 Å². The Hall–Kier alpha value is -3.21. The molecule has 1 aromatic carbocycles. The number of hydrogen-bond acceptors (Lipinski definition) is 8. The third-order valence-corrected chi connectivity index (χ3v) is 9.51. The van der Waals surface area contributed by atoms with Crippen LogP contribution in [0.4, 0.5) is 0 Å². The van der Waals surface area contributed by atoms with Crippen LogP contribution in [0.2, 0.25) is 10.0 Å². The predicted octanol–water partition coefficient (Wildman–Crippen LogP) is 6.57. The van der Waals surface area contributed by atoms with Crippen LogP contribution >= 0.6 is 23.2 Å². The molecule has 8 rings (SSSR count). The zero-order valence-corrected chi connectivity index (χ0v) is 23.3. The van der Waals surface area contributed by atoms with Gasteiger partial charge in [-0.3, -0.25) is 4.68 Å². The SMILES string of the molecule is Cn1nc(-c2nc(C34CCC(OCc5c(-c6c(Cl)cccc6Cl)noc5C5CC5)(CC3)CC4)no2)cc1C(=O)O. The molecular weight excluding hydrogens is 557 g/mol. The fraction of sp³-hybridized carbons (Fsp3) is 0.464. The second kappa shape index (κ2) is 9.43. The van der Waals surface area contributed by atoms with Crippen molar-refractivity contribution in [2.75, 3.05) is 0 Å². The number of fused-ring (bicyclic) bond motifs is 3. The van der Waals surface area contributed by atoms with Gasteiger partial charge in [0.1, 0.15) is 17.1 Å². The maximum atomic E-state index is 11.4. The lowest BCUT2D eigenvalue weighted by atomic mass is 9.58. The first-order valence-corrected chi connectivity index (χ1v) is 14.2. The Balaban J connectivity index is 1.09. The lowest BCUT2D eigenvalue weighted by Crippen LogP contribution is -2.50. The van der Waals surface area contributed by atoms with E-state index in [2.05, 4.69) is 20.4 Å². The van der Waals surface area contributed by atoms with Crippen LogP contribution in [0.1, 0.15) is 84.9 Å². The molecule has 3 heterocycles. The smallest absolute Gasteiger partial charge is 0.354 e. The molecule has 4 fully saturated rings. The molecule has 0 aliphatic heterocycles. The summed E-state index contributed by atoms with van der Waals surface area (Å²) in [5, 5.41) is 23.3. The first kappa shape index (κ1) is 25.7. The molecule has 4 saturated carbocycles. The van der Waals surface area contributed by atoms with Crippen molar-refractivity contribution in [3.05, 3.63) is 57.2 Å². The first-order chi connectivity index (χ1) is 19.3. The number of aryl methyl sites for hydroxylation is 1. The number of carboxylic acids is 1. The fourth-order valence-electron chi connectivity index (χ4n) is 6.29. The van der Waals surface area contributed by atoms with Gasteiger partial charge in [-0.05, 0) is 63.5 Å². The lowest BCUT2D eigenvalue weighted by Gasteiger charge is -2.51. The highest BCUT2D eigenvalue weighted by atomic mass is 35.5. The van der Waals surface area contributed by atoms with Gasteiger partial charge in [0, 0.05) is 35.6 Å². The highest BCUT2D eigenvalue weighted by Crippen LogP contribution is 2.55. The molecular formula is C28H27Cl2N5O5. The highest BCUT2D eigenvalue weighted by molar-refractivity contribution is 6.39. The molecule has 40 heavy (non-hydrogen) atoms. The monoisotopic (exact) mass is 583 g/mol. The topological polar surface area (TPSA) is 129 Å². The summed E-state index contributed by atoms with van der Waals surface area (Å²) in [6.45, 7) is 0.386.